The third-order valence-electron chi connectivity index (χ3n) is 2.95. The summed E-state index contributed by atoms with van der Waals surface area (Å²) in [5.41, 5.74) is 6.11. The predicted octanol–water partition coefficient (Wildman–Crippen LogP) is 3.33. The monoisotopic (exact) mass is 311 g/mol. The van der Waals surface area contributed by atoms with Crippen LogP contribution in [0.1, 0.15) is 37.6 Å². The Bertz CT molecular complexity index is 633. The molecule has 1 amide bonds. The van der Waals surface area contributed by atoms with Crippen molar-refractivity contribution in [1.29, 1.82) is 0 Å². The van der Waals surface area contributed by atoms with Gasteiger partial charge in [-0.25, -0.2) is 0 Å². The molecule has 0 saturated carbocycles. The number of hydrogen-bond donors (Lipinski definition) is 2. The lowest BCUT2D eigenvalue weighted by Crippen LogP contribution is -2.33. The largest absolute Gasteiger partial charge is 0.443 e. The molecule has 2 heterocycles. The first-order chi connectivity index (χ1) is 9.88. The van der Waals surface area contributed by atoms with E-state index in [1.807, 2.05) is 6.92 Å². The Morgan fingerprint density at radius 1 is 1.43 bits per heavy atom. The number of carbonyl (C=O) groups excluding carboxylic acids is 1. The summed E-state index contributed by atoms with van der Waals surface area (Å²) in [7, 11) is 0. The number of aromatic nitrogens is 1. The van der Waals surface area contributed by atoms with Crippen LogP contribution >= 0.6 is 11.6 Å². The van der Waals surface area contributed by atoms with E-state index in [1.54, 1.807) is 12.1 Å². The van der Waals surface area contributed by atoms with Gasteiger partial charge in [-0.1, -0.05) is 19.0 Å². The summed E-state index contributed by atoms with van der Waals surface area (Å²) in [6.45, 7) is 6.12. The van der Waals surface area contributed by atoms with E-state index in [4.69, 9.17) is 26.3 Å². The molecule has 114 valence electrons. The number of anilines is 1. The van der Waals surface area contributed by atoms with Gasteiger partial charge in [0.25, 0.3) is 5.91 Å². The first-order valence-corrected chi connectivity index (χ1v) is 7.08. The predicted molar refractivity (Wildman–Crippen MR) is 80.0 cm³/mol. The van der Waals surface area contributed by atoms with E-state index < -0.39 is 0 Å². The first kappa shape index (κ1) is 15.4. The van der Waals surface area contributed by atoms with Crippen LogP contribution in [-0.2, 0) is 0 Å². The molecule has 0 spiro atoms. The topological polar surface area (TPSA) is 94.3 Å². The lowest BCUT2D eigenvalue weighted by molar-refractivity contribution is 0.0937. The van der Waals surface area contributed by atoms with Crippen LogP contribution < -0.4 is 11.1 Å². The third kappa shape index (κ3) is 3.58. The molecule has 3 N–H and O–H groups in total. The Labute approximate surface area is 127 Å². The van der Waals surface area contributed by atoms with Crippen molar-refractivity contribution in [2.24, 2.45) is 5.92 Å². The van der Waals surface area contributed by atoms with Crippen molar-refractivity contribution < 1.29 is 13.7 Å². The fraction of sp³-hybridized carbons (Fsp3) is 0.429. The number of furan rings is 1. The van der Waals surface area contributed by atoms with Crippen LogP contribution in [-0.4, -0.2) is 17.1 Å². The van der Waals surface area contributed by atoms with Gasteiger partial charge in [-0.3, -0.25) is 4.79 Å². The third-order valence-corrected chi connectivity index (χ3v) is 3.16. The number of halogens is 1. The molecule has 2 rings (SSSR count). The van der Waals surface area contributed by atoms with Crippen LogP contribution in [0, 0.1) is 5.92 Å². The Morgan fingerprint density at radius 2 is 2.14 bits per heavy atom. The van der Waals surface area contributed by atoms with E-state index in [9.17, 15) is 4.79 Å². The molecule has 0 bridgehead atoms. The normalized spacial score (nSPS) is 12.6. The van der Waals surface area contributed by atoms with Gasteiger partial charge in [0, 0.05) is 6.04 Å². The van der Waals surface area contributed by atoms with Gasteiger partial charge in [0.05, 0.1) is 0 Å². The lowest BCUT2D eigenvalue weighted by atomic mass is 10.0. The average Bonchev–Trinajstić information content (AvgIpc) is 2.93. The smallest absolute Gasteiger partial charge is 0.259 e. The standard InChI is InChI=1S/C14H18ClN3O3/c1-7(2)6-8(3)17-14(19)11-12(18-21-13(11)16)9-4-5-10(15)20-9/h4-5,7-8H,6,16H2,1-3H3,(H,17,19). The summed E-state index contributed by atoms with van der Waals surface area (Å²) in [6, 6.07) is 3.18. The van der Waals surface area contributed by atoms with Crippen LogP contribution in [0.2, 0.25) is 5.22 Å². The van der Waals surface area contributed by atoms with E-state index in [1.165, 1.54) is 0 Å². The van der Waals surface area contributed by atoms with Crippen LogP contribution in [0.3, 0.4) is 0 Å². The van der Waals surface area contributed by atoms with Gasteiger partial charge in [-0.2, -0.15) is 0 Å². The minimum absolute atomic E-state index is 0.0137. The van der Waals surface area contributed by atoms with Gasteiger partial charge in [-0.15, -0.1) is 0 Å². The van der Waals surface area contributed by atoms with Crippen molar-refractivity contribution in [2.45, 2.75) is 33.2 Å². The van der Waals surface area contributed by atoms with Crippen LogP contribution in [0.4, 0.5) is 5.88 Å². The average molecular weight is 312 g/mol. The molecule has 6 nitrogen and oxygen atoms in total. The highest BCUT2D eigenvalue weighted by molar-refractivity contribution is 6.29. The van der Waals surface area contributed by atoms with Crippen LogP contribution in [0.25, 0.3) is 11.5 Å². The number of nitrogens with two attached hydrogens (primary N) is 1. The lowest BCUT2D eigenvalue weighted by Gasteiger charge is -2.15. The van der Waals surface area contributed by atoms with Gasteiger partial charge < -0.3 is 20.0 Å². The van der Waals surface area contributed by atoms with Crippen LogP contribution in [0.15, 0.2) is 21.1 Å². The van der Waals surface area contributed by atoms with Gasteiger partial charge in [0.15, 0.2) is 16.7 Å². The zero-order valence-corrected chi connectivity index (χ0v) is 12.9. The molecule has 0 radical (unpaired) electrons. The highest BCUT2D eigenvalue weighted by Crippen LogP contribution is 2.30. The zero-order valence-electron chi connectivity index (χ0n) is 12.1. The summed E-state index contributed by atoms with van der Waals surface area (Å²) in [6.07, 6.45) is 0.860. The molecule has 0 saturated heterocycles. The van der Waals surface area contributed by atoms with Crippen molar-refractivity contribution in [2.75, 3.05) is 5.73 Å². The molecule has 0 aliphatic heterocycles. The number of hydrogen-bond acceptors (Lipinski definition) is 5. The first-order valence-electron chi connectivity index (χ1n) is 6.70. The molecule has 1 unspecified atom stereocenters. The highest BCUT2D eigenvalue weighted by atomic mass is 35.5. The maximum absolute atomic E-state index is 12.4. The summed E-state index contributed by atoms with van der Waals surface area (Å²) >= 11 is 5.73. The Hall–Kier alpha value is -1.95. The van der Waals surface area contributed by atoms with E-state index in [-0.39, 0.29) is 34.3 Å². The summed E-state index contributed by atoms with van der Waals surface area (Å²) in [5.74, 6) is 0.418. The number of rotatable bonds is 5. The summed E-state index contributed by atoms with van der Waals surface area (Å²) in [4.78, 5) is 12.4. The van der Waals surface area contributed by atoms with Gasteiger partial charge >= 0.3 is 0 Å². The molecule has 2 aromatic heterocycles. The van der Waals surface area contributed by atoms with E-state index in [2.05, 4.69) is 24.3 Å². The van der Waals surface area contributed by atoms with Crippen LogP contribution in [0.5, 0.6) is 0 Å². The van der Waals surface area contributed by atoms with Crippen molar-refractivity contribution in [1.82, 2.24) is 10.5 Å². The van der Waals surface area contributed by atoms with E-state index >= 15 is 0 Å². The number of carbonyl (C=O) groups is 1. The Balaban J connectivity index is 2.23. The molecular weight excluding hydrogens is 294 g/mol. The van der Waals surface area contributed by atoms with E-state index in [0.29, 0.717) is 11.7 Å². The summed E-state index contributed by atoms with van der Waals surface area (Å²) in [5, 5.41) is 6.85. The van der Waals surface area contributed by atoms with Crippen molar-refractivity contribution >= 4 is 23.4 Å². The van der Waals surface area contributed by atoms with Crippen molar-refractivity contribution in [3.05, 3.63) is 22.9 Å². The maximum Gasteiger partial charge on any atom is 0.259 e. The van der Waals surface area contributed by atoms with E-state index in [0.717, 1.165) is 6.42 Å². The minimum atomic E-state index is -0.343. The summed E-state index contributed by atoms with van der Waals surface area (Å²) < 4.78 is 10.2. The highest BCUT2D eigenvalue weighted by Gasteiger charge is 2.25. The van der Waals surface area contributed by atoms with Gasteiger partial charge in [-0.05, 0) is 43.0 Å². The zero-order chi connectivity index (χ0) is 15.6. The number of nitrogens with zero attached hydrogens (tertiary/aromatic N) is 1. The van der Waals surface area contributed by atoms with Crippen molar-refractivity contribution in [3.63, 3.8) is 0 Å². The fourth-order valence-electron chi connectivity index (χ4n) is 2.19. The Kier molecular flexibility index (Phi) is 4.57. The SMILES string of the molecule is CC(C)CC(C)NC(=O)c1c(-c2ccc(Cl)o2)noc1N. The molecular formula is C14H18ClN3O3. The molecule has 0 aromatic carbocycles. The van der Waals surface area contributed by atoms with Gasteiger partial charge in [0.2, 0.25) is 5.88 Å². The Morgan fingerprint density at radius 3 is 2.71 bits per heavy atom. The number of nitrogen functional groups attached to an aromatic ring is 1. The second-order valence-electron chi connectivity index (χ2n) is 5.38. The van der Waals surface area contributed by atoms with Crippen molar-refractivity contribution in [3.8, 4) is 11.5 Å². The second-order valence-corrected chi connectivity index (χ2v) is 5.75. The molecule has 1 atom stereocenters. The molecule has 7 heteroatoms. The molecule has 0 fully saturated rings. The number of amides is 1. The molecule has 2 aromatic rings. The maximum atomic E-state index is 12.4. The minimum Gasteiger partial charge on any atom is -0.443 e. The molecule has 0 aliphatic rings. The van der Waals surface area contributed by atoms with Gasteiger partial charge in [0.1, 0.15) is 5.56 Å². The molecule has 21 heavy (non-hydrogen) atoms. The fourth-order valence-corrected chi connectivity index (χ4v) is 2.34. The second kappa shape index (κ2) is 6.22. The number of nitrogens with one attached hydrogen (secondary N) is 1. The quantitative estimate of drug-likeness (QED) is 0.883. The molecule has 0 aliphatic carbocycles.